The number of fused-ring (bicyclic) bond motifs is 6. The molecular formula is C36H27N3O6. The first-order chi connectivity index (χ1) is 21.9. The molecule has 4 aromatic rings. The van der Waals surface area contributed by atoms with Gasteiger partial charge in [-0.15, -0.1) is 0 Å². The van der Waals surface area contributed by atoms with Gasteiger partial charge in [0.15, 0.2) is 11.6 Å². The fourth-order valence-corrected chi connectivity index (χ4v) is 7.16. The number of hydrogen-bond acceptors (Lipinski definition) is 7. The summed E-state index contributed by atoms with van der Waals surface area (Å²) in [4.78, 5) is 57.0. The van der Waals surface area contributed by atoms with Crippen molar-refractivity contribution >= 4 is 34.9 Å². The lowest BCUT2D eigenvalue weighted by Crippen LogP contribution is -2.49. The number of hydrogen-bond donors (Lipinski definition) is 1. The maximum atomic E-state index is 14.9. The summed E-state index contributed by atoms with van der Waals surface area (Å²) >= 11 is 0. The second-order valence-corrected chi connectivity index (χ2v) is 11.2. The van der Waals surface area contributed by atoms with Crippen molar-refractivity contribution in [3.05, 3.63) is 154 Å². The number of anilines is 1. The van der Waals surface area contributed by atoms with Crippen LogP contribution in [0, 0.1) is 16.0 Å². The Morgan fingerprint density at radius 1 is 0.956 bits per heavy atom. The van der Waals surface area contributed by atoms with Crippen LogP contribution < -0.4 is 10.1 Å². The summed E-state index contributed by atoms with van der Waals surface area (Å²) in [5, 5.41) is 14.7. The van der Waals surface area contributed by atoms with E-state index in [-0.39, 0.29) is 23.8 Å². The number of nitro benzene ring substituents is 1. The molecule has 0 aliphatic carbocycles. The van der Waals surface area contributed by atoms with Crippen LogP contribution in [0.5, 0.6) is 5.75 Å². The molecule has 0 saturated carbocycles. The molecule has 3 aliphatic heterocycles. The summed E-state index contributed by atoms with van der Waals surface area (Å²) in [5.74, 6) is -1.95. The van der Waals surface area contributed by atoms with E-state index < -0.39 is 39.9 Å². The average molecular weight is 598 g/mol. The smallest absolute Gasteiger partial charge is 0.270 e. The number of non-ortho nitro benzene ring substituents is 1. The largest absolute Gasteiger partial charge is 0.490 e. The third-order valence-corrected chi connectivity index (χ3v) is 8.97. The first-order valence-corrected chi connectivity index (χ1v) is 14.5. The highest BCUT2D eigenvalue weighted by atomic mass is 16.6. The summed E-state index contributed by atoms with van der Waals surface area (Å²) < 4.78 is 5.62. The molecular weight excluding hydrogens is 570 g/mol. The van der Waals surface area contributed by atoms with E-state index in [1.807, 2.05) is 48.5 Å². The number of ether oxygens (including phenoxy) is 1. The molecule has 0 unspecified atom stereocenters. The number of benzene rings is 4. The Labute approximate surface area is 258 Å². The van der Waals surface area contributed by atoms with Crippen LogP contribution >= 0.6 is 0 Å². The number of ketones is 2. The number of carbonyl (C=O) groups excluding carboxylic acids is 3. The van der Waals surface area contributed by atoms with Crippen molar-refractivity contribution in [1.29, 1.82) is 0 Å². The van der Waals surface area contributed by atoms with Crippen LogP contribution in [0.1, 0.15) is 43.4 Å². The number of rotatable bonds is 8. The fourth-order valence-electron chi connectivity index (χ4n) is 7.16. The molecule has 1 N–H and O–H groups in total. The van der Waals surface area contributed by atoms with Gasteiger partial charge in [-0.25, -0.2) is 0 Å². The molecule has 4 atom stereocenters. The summed E-state index contributed by atoms with van der Waals surface area (Å²) in [6.07, 6.45) is 5.25. The monoisotopic (exact) mass is 597 g/mol. The molecule has 0 radical (unpaired) electrons. The predicted molar refractivity (Wildman–Crippen MR) is 168 cm³/mol. The number of amides is 1. The van der Waals surface area contributed by atoms with E-state index in [2.05, 4.69) is 11.9 Å². The van der Waals surface area contributed by atoms with Crippen LogP contribution in [0.25, 0.3) is 6.08 Å². The molecule has 45 heavy (non-hydrogen) atoms. The maximum absolute atomic E-state index is 14.9. The third-order valence-electron chi connectivity index (χ3n) is 8.97. The van der Waals surface area contributed by atoms with Gasteiger partial charge in [0, 0.05) is 35.1 Å². The number of nitrogens with one attached hydrogen (secondary N) is 1. The van der Waals surface area contributed by atoms with E-state index in [1.54, 1.807) is 47.5 Å². The van der Waals surface area contributed by atoms with Crippen molar-refractivity contribution < 1.29 is 24.0 Å². The van der Waals surface area contributed by atoms with Crippen molar-refractivity contribution in [2.75, 3.05) is 11.9 Å². The van der Waals surface area contributed by atoms with E-state index in [9.17, 15) is 24.5 Å². The molecule has 0 aromatic heterocycles. The van der Waals surface area contributed by atoms with E-state index in [0.29, 0.717) is 22.6 Å². The van der Waals surface area contributed by atoms with E-state index >= 15 is 0 Å². The highest BCUT2D eigenvalue weighted by Gasteiger charge is 2.70. The van der Waals surface area contributed by atoms with E-state index in [0.717, 1.165) is 11.1 Å². The van der Waals surface area contributed by atoms with Crippen molar-refractivity contribution in [1.82, 2.24) is 4.90 Å². The van der Waals surface area contributed by atoms with Crippen molar-refractivity contribution in [3.8, 4) is 5.75 Å². The maximum Gasteiger partial charge on any atom is 0.270 e. The average Bonchev–Trinajstić information content (AvgIpc) is 3.55. The summed E-state index contributed by atoms with van der Waals surface area (Å²) in [7, 11) is 0. The molecule has 1 saturated heterocycles. The number of Topliss-reactive ketones (excluding diaryl/α,β-unsaturated/α-hetero) is 2. The molecule has 1 amide bonds. The normalized spacial score (nSPS) is 22.3. The zero-order valence-electron chi connectivity index (χ0n) is 24.0. The molecule has 0 bridgehead atoms. The topological polar surface area (TPSA) is 119 Å². The quantitative estimate of drug-likeness (QED) is 0.112. The SMILES string of the molecule is C=CCOc1ccc(C(=O)[C@@H]2[C@H](C(=O)c3cccc([N+](=O)[O-])c3)N3C=Cc4ccccc4[C@H]3[C@]23C(=O)Nc2ccccc23)cc1. The van der Waals surface area contributed by atoms with Crippen LogP contribution in [0.15, 0.2) is 116 Å². The van der Waals surface area contributed by atoms with Gasteiger partial charge in [-0.05, 0) is 53.1 Å². The van der Waals surface area contributed by atoms with Gasteiger partial charge in [0.2, 0.25) is 5.91 Å². The van der Waals surface area contributed by atoms with Gasteiger partial charge < -0.3 is 15.0 Å². The highest BCUT2D eigenvalue weighted by molar-refractivity contribution is 6.16. The Hall–Kier alpha value is -5.83. The Morgan fingerprint density at radius 3 is 2.49 bits per heavy atom. The number of carbonyl (C=O) groups is 3. The summed E-state index contributed by atoms with van der Waals surface area (Å²) in [5.41, 5.74) is 1.49. The summed E-state index contributed by atoms with van der Waals surface area (Å²) in [6.45, 7) is 3.95. The van der Waals surface area contributed by atoms with Gasteiger partial charge >= 0.3 is 0 Å². The second-order valence-electron chi connectivity index (χ2n) is 11.2. The lowest BCUT2D eigenvalue weighted by Gasteiger charge is -2.38. The molecule has 1 fully saturated rings. The van der Waals surface area contributed by atoms with Gasteiger partial charge in [0.1, 0.15) is 23.8 Å². The van der Waals surface area contributed by atoms with Crippen LogP contribution in [0.2, 0.25) is 0 Å². The number of nitro groups is 1. The lowest BCUT2D eigenvalue weighted by molar-refractivity contribution is -0.384. The molecule has 3 aliphatic rings. The van der Waals surface area contributed by atoms with E-state index in [1.165, 1.54) is 24.3 Å². The molecule has 222 valence electrons. The predicted octanol–water partition coefficient (Wildman–Crippen LogP) is 6.14. The van der Waals surface area contributed by atoms with Crippen LogP contribution in [0.4, 0.5) is 11.4 Å². The highest BCUT2D eigenvalue weighted by Crippen LogP contribution is 2.62. The second kappa shape index (κ2) is 10.7. The van der Waals surface area contributed by atoms with Crippen LogP contribution in [-0.2, 0) is 10.2 Å². The zero-order chi connectivity index (χ0) is 31.3. The third kappa shape index (κ3) is 4.19. The van der Waals surface area contributed by atoms with Crippen molar-refractivity contribution in [2.45, 2.75) is 17.5 Å². The Kier molecular flexibility index (Phi) is 6.66. The molecule has 1 spiro atoms. The first-order valence-electron chi connectivity index (χ1n) is 14.5. The number of nitrogens with zero attached hydrogens (tertiary/aromatic N) is 2. The molecule has 9 heteroatoms. The molecule has 3 heterocycles. The Morgan fingerprint density at radius 2 is 1.71 bits per heavy atom. The Balaban J connectivity index is 1.48. The minimum absolute atomic E-state index is 0.0786. The van der Waals surface area contributed by atoms with Gasteiger partial charge in [-0.1, -0.05) is 67.3 Å². The van der Waals surface area contributed by atoms with Crippen LogP contribution in [0.3, 0.4) is 0 Å². The molecule has 4 aromatic carbocycles. The van der Waals surface area contributed by atoms with Crippen molar-refractivity contribution in [3.63, 3.8) is 0 Å². The van der Waals surface area contributed by atoms with E-state index in [4.69, 9.17) is 4.74 Å². The lowest BCUT2D eigenvalue weighted by atomic mass is 9.62. The fraction of sp³-hybridized carbons (Fsp3) is 0.139. The van der Waals surface area contributed by atoms with Crippen LogP contribution in [-0.4, -0.2) is 39.9 Å². The first kappa shape index (κ1) is 28.0. The zero-order valence-corrected chi connectivity index (χ0v) is 24.0. The molecule has 7 rings (SSSR count). The standard InChI is InChI=1S/C36H27N3O6/c1-2-20-45-26-16-14-23(15-17-26)32(40)30-31(33(41)24-9-7-10-25(21-24)39(43)44)38-19-18-22-8-3-4-11-27(22)34(38)36(30)28-12-5-6-13-29(28)37-35(36)42/h2-19,21,30-31,34H,1,20H2,(H,37,42)/t30-,31+,34-,36+/m0/s1. The number of para-hydroxylation sites is 1. The van der Waals surface area contributed by atoms with Crippen molar-refractivity contribution in [2.24, 2.45) is 5.92 Å². The minimum Gasteiger partial charge on any atom is -0.490 e. The molecule has 9 nitrogen and oxygen atoms in total. The van der Waals surface area contributed by atoms with Gasteiger partial charge in [-0.3, -0.25) is 24.5 Å². The van der Waals surface area contributed by atoms with Gasteiger partial charge in [-0.2, -0.15) is 0 Å². The summed E-state index contributed by atoms with van der Waals surface area (Å²) in [6, 6.07) is 25.1. The van der Waals surface area contributed by atoms with Gasteiger partial charge in [0.05, 0.1) is 16.9 Å². The Bertz CT molecular complexity index is 1930. The van der Waals surface area contributed by atoms with Gasteiger partial charge in [0.25, 0.3) is 5.69 Å². The minimum atomic E-state index is -1.51.